The molecule has 0 radical (unpaired) electrons. The molecule has 1 aliphatic heterocycles. The number of nitrogens with one attached hydrogen (secondary N) is 2. The standard InChI is InChI=1S/C10H14N2O3S3/c1-10(2,3)12-18(14,15)8-4-6-7(13)5-11-17-9(6)16-8/h4,11-12H,5H2,1-3H3. The Balaban J connectivity index is 2.38. The van der Waals surface area contributed by atoms with Crippen LogP contribution in [0.25, 0.3) is 0 Å². The highest BCUT2D eigenvalue weighted by molar-refractivity contribution is 8.00. The average Bonchev–Trinajstić information content (AvgIpc) is 2.59. The van der Waals surface area contributed by atoms with Gasteiger partial charge >= 0.3 is 0 Å². The molecule has 2 rings (SSSR count). The smallest absolute Gasteiger partial charge is 0.250 e. The zero-order chi connectivity index (χ0) is 13.6. The van der Waals surface area contributed by atoms with Crippen LogP contribution >= 0.6 is 23.3 Å². The maximum atomic E-state index is 12.1. The van der Waals surface area contributed by atoms with Gasteiger partial charge in [0.15, 0.2) is 5.78 Å². The zero-order valence-electron chi connectivity index (χ0n) is 10.2. The van der Waals surface area contributed by atoms with E-state index >= 15 is 0 Å². The van der Waals surface area contributed by atoms with E-state index in [9.17, 15) is 13.2 Å². The lowest BCUT2D eigenvalue weighted by Crippen LogP contribution is -2.40. The number of ketones is 1. The number of hydrogen-bond acceptors (Lipinski definition) is 6. The first-order valence-electron chi connectivity index (χ1n) is 5.30. The fraction of sp³-hybridized carbons (Fsp3) is 0.500. The normalized spacial score (nSPS) is 16.7. The van der Waals surface area contributed by atoms with Crippen LogP contribution in [0.3, 0.4) is 0 Å². The lowest BCUT2D eigenvalue weighted by atomic mass is 10.1. The largest absolute Gasteiger partial charge is 0.293 e. The molecule has 8 heteroatoms. The highest BCUT2D eigenvalue weighted by Gasteiger charge is 2.28. The summed E-state index contributed by atoms with van der Waals surface area (Å²) in [6, 6.07) is 1.46. The number of carbonyl (C=O) groups excluding carboxylic acids is 1. The molecule has 0 fully saturated rings. The van der Waals surface area contributed by atoms with Crippen LogP contribution in [0.4, 0.5) is 0 Å². The van der Waals surface area contributed by atoms with Crippen LogP contribution in [0.2, 0.25) is 0 Å². The Labute approximate surface area is 115 Å². The fourth-order valence-electron chi connectivity index (χ4n) is 1.47. The average molecular weight is 306 g/mol. The van der Waals surface area contributed by atoms with E-state index in [0.29, 0.717) is 9.77 Å². The number of thiophene rings is 1. The fourth-order valence-corrected chi connectivity index (χ4v) is 5.49. The molecule has 2 heterocycles. The molecule has 1 aliphatic rings. The Morgan fingerprint density at radius 1 is 1.39 bits per heavy atom. The van der Waals surface area contributed by atoms with Gasteiger partial charge in [0.25, 0.3) is 10.0 Å². The molecule has 0 atom stereocenters. The molecule has 5 nitrogen and oxygen atoms in total. The van der Waals surface area contributed by atoms with Crippen molar-refractivity contribution in [3.8, 4) is 0 Å². The van der Waals surface area contributed by atoms with Gasteiger partial charge in [-0.15, -0.1) is 11.3 Å². The third-order valence-electron chi connectivity index (χ3n) is 2.08. The molecule has 100 valence electrons. The molecule has 0 aliphatic carbocycles. The lowest BCUT2D eigenvalue weighted by Gasteiger charge is -2.19. The Morgan fingerprint density at radius 2 is 2.06 bits per heavy atom. The van der Waals surface area contributed by atoms with Gasteiger partial charge in [-0.25, -0.2) is 13.1 Å². The molecule has 18 heavy (non-hydrogen) atoms. The summed E-state index contributed by atoms with van der Waals surface area (Å²) in [5, 5.41) is 0. The topological polar surface area (TPSA) is 75.3 Å². The second-order valence-electron chi connectivity index (χ2n) is 4.97. The maximum absolute atomic E-state index is 12.1. The van der Waals surface area contributed by atoms with E-state index in [4.69, 9.17) is 0 Å². The molecular formula is C10H14N2O3S3. The third-order valence-corrected chi connectivity index (χ3v) is 6.43. The van der Waals surface area contributed by atoms with Crippen LogP contribution < -0.4 is 9.44 Å². The molecule has 1 aromatic heterocycles. The van der Waals surface area contributed by atoms with Crippen LogP contribution in [0.5, 0.6) is 0 Å². The van der Waals surface area contributed by atoms with Crippen molar-refractivity contribution in [1.29, 1.82) is 0 Å². The summed E-state index contributed by atoms with van der Waals surface area (Å²) in [4.78, 5) is 11.6. The van der Waals surface area contributed by atoms with Crippen molar-refractivity contribution in [2.45, 2.75) is 34.7 Å². The molecule has 0 aromatic carbocycles. The molecule has 0 saturated heterocycles. The molecule has 0 unspecified atom stereocenters. The zero-order valence-corrected chi connectivity index (χ0v) is 12.7. The Morgan fingerprint density at radius 3 is 2.61 bits per heavy atom. The van der Waals surface area contributed by atoms with Gasteiger partial charge in [-0.2, -0.15) is 0 Å². The van der Waals surface area contributed by atoms with Crippen LogP contribution in [0, 0.1) is 0 Å². The minimum absolute atomic E-state index is 0.0720. The van der Waals surface area contributed by atoms with Gasteiger partial charge in [-0.1, -0.05) is 0 Å². The highest BCUT2D eigenvalue weighted by atomic mass is 32.3. The van der Waals surface area contributed by atoms with Crippen molar-refractivity contribution in [1.82, 2.24) is 9.44 Å². The number of fused-ring (bicyclic) bond motifs is 1. The molecule has 0 amide bonds. The van der Waals surface area contributed by atoms with Gasteiger partial charge < -0.3 is 0 Å². The van der Waals surface area contributed by atoms with E-state index in [1.165, 1.54) is 18.0 Å². The summed E-state index contributed by atoms with van der Waals surface area (Å²) in [7, 11) is -3.56. The Hall–Kier alpha value is -0.410. The molecule has 1 aromatic rings. The Kier molecular flexibility index (Phi) is 3.58. The van der Waals surface area contributed by atoms with Crippen LogP contribution in [-0.4, -0.2) is 26.3 Å². The first-order valence-corrected chi connectivity index (χ1v) is 8.41. The van der Waals surface area contributed by atoms with Gasteiger partial charge in [0, 0.05) is 11.1 Å². The van der Waals surface area contributed by atoms with E-state index in [-0.39, 0.29) is 16.5 Å². The van der Waals surface area contributed by atoms with Crippen molar-refractivity contribution in [2.24, 2.45) is 0 Å². The predicted molar refractivity (Wildman–Crippen MR) is 72.6 cm³/mol. The van der Waals surface area contributed by atoms with Crippen molar-refractivity contribution < 1.29 is 13.2 Å². The van der Waals surface area contributed by atoms with Gasteiger partial charge in [0.2, 0.25) is 0 Å². The number of rotatable bonds is 2. The summed E-state index contributed by atoms with van der Waals surface area (Å²) >= 11 is 2.42. The van der Waals surface area contributed by atoms with E-state index in [1.54, 1.807) is 20.8 Å². The van der Waals surface area contributed by atoms with Gasteiger partial charge in [0.1, 0.15) is 4.21 Å². The first-order chi connectivity index (χ1) is 8.19. The summed E-state index contributed by atoms with van der Waals surface area (Å²) < 4.78 is 30.6. The maximum Gasteiger partial charge on any atom is 0.250 e. The van der Waals surface area contributed by atoms with Crippen LogP contribution in [0.1, 0.15) is 31.1 Å². The molecule has 0 bridgehead atoms. The minimum atomic E-state index is -3.56. The van der Waals surface area contributed by atoms with Gasteiger partial charge in [-0.3, -0.25) is 9.52 Å². The second kappa shape index (κ2) is 4.61. The predicted octanol–water partition coefficient (Wildman–Crippen LogP) is 1.62. The van der Waals surface area contributed by atoms with E-state index in [2.05, 4.69) is 9.44 Å². The highest BCUT2D eigenvalue weighted by Crippen LogP contribution is 2.35. The molecule has 0 saturated carbocycles. The first kappa shape index (κ1) is 14.0. The monoisotopic (exact) mass is 306 g/mol. The van der Waals surface area contributed by atoms with Gasteiger partial charge in [-0.05, 0) is 38.8 Å². The summed E-state index contributed by atoms with van der Waals surface area (Å²) in [6.07, 6.45) is 0. The van der Waals surface area contributed by atoms with Crippen LogP contribution in [0.15, 0.2) is 14.5 Å². The molecule has 0 spiro atoms. The van der Waals surface area contributed by atoms with E-state index in [1.807, 2.05) is 0 Å². The summed E-state index contributed by atoms with van der Waals surface area (Å²) in [5.74, 6) is -0.0720. The second-order valence-corrected chi connectivity index (χ2v) is 9.09. The lowest BCUT2D eigenvalue weighted by molar-refractivity contribution is 0.0993. The summed E-state index contributed by atoms with van der Waals surface area (Å²) in [6.45, 7) is 5.57. The number of hydrogen-bond donors (Lipinski definition) is 2. The SMILES string of the molecule is CC(C)(C)NS(=O)(=O)c1cc2c(s1)SNCC2=O. The minimum Gasteiger partial charge on any atom is -0.293 e. The number of sulfonamides is 1. The third kappa shape index (κ3) is 2.94. The molecule has 2 N–H and O–H groups in total. The van der Waals surface area contributed by atoms with Crippen molar-refractivity contribution in [3.63, 3.8) is 0 Å². The van der Waals surface area contributed by atoms with Crippen LogP contribution in [-0.2, 0) is 10.0 Å². The van der Waals surface area contributed by atoms with E-state index in [0.717, 1.165) is 11.3 Å². The van der Waals surface area contributed by atoms with Crippen molar-refractivity contribution in [2.75, 3.05) is 6.54 Å². The van der Waals surface area contributed by atoms with Crippen molar-refractivity contribution in [3.05, 3.63) is 11.6 Å². The number of Topliss-reactive ketones (excluding diaryl/α,β-unsaturated/α-hetero) is 1. The molecular weight excluding hydrogens is 292 g/mol. The van der Waals surface area contributed by atoms with Gasteiger partial charge in [0.05, 0.1) is 10.8 Å². The van der Waals surface area contributed by atoms with Crippen molar-refractivity contribution >= 4 is 39.1 Å². The summed E-state index contributed by atoms with van der Waals surface area (Å²) in [5.41, 5.74) is -0.0447. The Bertz CT molecular complexity index is 584. The van der Waals surface area contributed by atoms with E-state index < -0.39 is 15.6 Å². The quantitative estimate of drug-likeness (QED) is 0.812. The number of carbonyl (C=O) groups is 1.